The summed E-state index contributed by atoms with van der Waals surface area (Å²) in [4.78, 5) is 20.7. The third-order valence-corrected chi connectivity index (χ3v) is 3.79. The number of aromatic nitrogens is 2. The normalized spacial score (nSPS) is 11.9. The summed E-state index contributed by atoms with van der Waals surface area (Å²) in [5.41, 5.74) is 4.31. The number of nitrogens with one attached hydrogen (secondary N) is 2. The average Bonchev–Trinajstić information content (AvgIpc) is 2.98. The molecular formula is C13H17N5OS. The number of nitrogens with zero attached hydrogens (tertiary/aromatic N) is 2. The second-order valence-corrected chi connectivity index (χ2v) is 5.25. The molecule has 0 aliphatic carbocycles. The van der Waals surface area contributed by atoms with Gasteiger partial charge in [0.1, 0.15) is 5.01 Å². The molecule has 106 valence electrons. The van der Waals surface area contributed by atoms with Crippen LogP contribution >= 0.6 is 11.3 Å². The summed E-state index contributed by atoms with van der Waals surface area (Å²) in [6, 6.07) is 1.63. The molecule has 1 amide bonds. The smallest absolute Gasteiger partial charge is 0.255 e. The Morgan fingerprint density at radius 1 is 1.50 bits per heavy atom. The molecular weight excluding hydrogens is 274 g/mol. The molecule has 2 rings (SSSR count). The van der Waals surface area contributed by atoms with Crippen molar-refractivity contribution in [1.82, 2.24) is 15.3 Å². The number of pyridine rings is 1. The number of aryl methyl sites for hydroxylation is 1. The van der Waals surface area contributed by atoms with Crippen molar-refractivity contribution in [1.29, 1.82) is 0 Å². The molecule has 0 fully saturated rings. The van der Waals surface area contributed by atoms with Crippen molar-refractivity contribution in [3.63, 3.8) is 0 Å². The molecule has 0 radical (unpaired) electrons. The number of nitrogen functional groups attached to an aromatic ring is 1. The molecule has 0 aliphatic heterocycles. The lowest BCUT2D eigenvalue weighted by molar-refractivity contribution is 0.0936. The van der Waals surface area contributed by atoms with Gasteiger partial charge in [0, 0.05) is 23.5 Å². The zero-order chi connectivity index (χ0) is 14.5. The van der Waals surface area contributed by atoms with Gasteiger partial charge in [0.25, 0.3) is 5.91 Å². The Morgan fingerprint density at radius 3 is 2.90 bits per heavy atom. The standard InChI is InChI=1S/C13H17N5OS/c1-3-10(13-15-4-5-20-13)17-12(19)9-7-16-8(2)6-11(9)18-14/h4-7,10H,3,14H2,1-2H3,(H,16,18)(H,17,19). The van der Waals surface area contributed by atoms with Crippen LogP contribution in [0.2, 0.25) is 0 Å². The maximum absolute atomic E-state index is 12.3. The number of nitrogens with two attached hydrogens (primary N) is 1. The number of thiazole rings is 1. The van der Waals surface area contributed by atoms with Crippen molar-refractivity contribution in [2.45, 2.75) is 26.3 Å². The number of rotatable bonds is 5. The van der Waals surface area contributed by atoms with Gasteiger partial charge in [-0.05, 0) is 19.4 Å². The van der Waals surface area contributed by atoms with E-state index >= 15 is 0 Å². The van der Waals surface area contributed by atoms with Crippen LogP contribution in [-0.2, 0) is 0 Å². The first-order valence-corrected chi connectivity index (χ1v) is 7.17. The molecule has 0 saturated heterocycles. The number of carbonyl (C=O) groups excluding carboxylic acids is 1. The van der Waals surface area contributed by atoms with E-state index < -0.39 is 0 Å². The summed E-state index contributed by atoms with van der Waals surface area (Å²) >= 11 is 1.52. The predicted molar refractivity (Wildman–Crippen MR) is 79.4 cm³/mol. The molecule has 6 nitrogen and oxygen atoms in total. The molecule has 1 unspecified atom stereocenters. The Morgan fingerprint density at radius 2 is 2.30 bits per heavy atom. The van der Waals surface area contributed by atoms with E-state index in [2.05, 4.69) is 20.7 Å². The SMILES string of the molecule is CCC(NC(=O)c1cnc(C)cc1NN)c1nccs1. The first-order valence-electron chi connectivity index (χ1n) is 6.29. The number of amides is 1. The second-order valence-electron chi connectivity index (χ2n) is 4.32. The van der Waals surface area contributed by atoms with Gasteiger partial charge in [-0.3, -0.25) is 15.6 Å². The largest absolute Gasteiger partial charge is 0.343 e. The van der Waals surface area contributed by atoms with E-state index in [1.807, 2.05) is 19.2 Å². The fraction of sp³-hybridized carbons (Fsp3) is 0.308. The Bertz CT molecular complexity index is 584. The number of hydrogen-bond acceptors (Lipinski definition) is 6. The number of hydrazine groups is 1. The first kappa shape index (κ1) is 14.4. The highest BCUT2D eigenvalue weighted by Crippen LogP contribution is 2.21. The Labute approximate surface area is 121 Å². The molecule has 0 spiro atoms. The summed E-state index contributed by atoms with van der Waals surface area (Å²) < 4.78 is 0. The second kappa shape index (κ2) is 6.44. The third kappa shape index (κ3) is 3.12. The number of anilines is 1. The van der Waals surface area contributed by atoms with Crippen LogP contribution in [0.5, 0.6) is 0 Å². The van der Waals surface area contributed by atoms with Gasteiger partial charge in [-0.1, -0.05) is 6.92 Å². The van der Waals surface area contributed by atoms with Gasteiger partial charge in [-0.25, -0.2) is 4.98 Å². The molecule has 0 saturated carbocycles. The summed E-state index contributed by atoms with van der Waals surface area (Å²) in [5.74, 6) is 5.23. The zero-order valence-electron chi connectivity index (χ0n) is 11.4. The molecule has 2 aromatic rings. The van der Waals surface area contributed by atoms with Crippen LogP contribution < -0.4 is 16.6 Å². The topological polar surface area (TPSA) is 92.9 Å². The molecule has 20 heavy (non-hydrogen) atoms. The molecule has 0 aliphatic rings. The highest BCUT2D eigenvalue weighted by molar-refractivity contribution is 7.09. The van der Waals surface area contributed by atoms with Gasteiger partial charge < -0.3 is 10.7 Å². The predicted octanol–water partition coefficient (Wildman–Crippen LogP) is 2.01. The lowest BCUT2D eigenvalue weighted by Gasteiger charge is -2.16. The third-order valence-electron chi connectivity index (χ3n) is 2.90. The van der Waals surface area contributed by atoms with E-state index in [4.69, 9.17) is 5.84 Å². The minimum atomic E-state index is -0.215. The van der Waals surface area contributed by atoms with Gasteiger partial charge >= 0.3 is 0 Å². The quantitative estimate of drug-likeness (QED) is 0.579. The van der Waals surface area contributed by atoms with Gasteiger partial charge in [0.05, 0.1) is 17.3 Å². The fourth-order valence-corrected chi connectivity index (χ4v) is 2.61. The molecule has 4 N–H and O–H groups in total. The number of hydrogen-bond donors (Lipinski definition) is 3. The first-order chi connectivity index (χ1) is 9.65. The molecule has 0 bridgehead atoms. The van der Waals surface area contributed by atoms with Crippen LogP contribution in [0, 0.1) is 6.92 Å². The molecule has 2 heterocycles. The zero-order valence-corrected chi connectivity index (χ0v) is 12.2. The molecule has 2 aromatic heterocycles. The van der Waals surface area contributed by atoms with Crippen LogP contribution in [-0.4, -0.2) is 15.9 Å². The lowest BCUT2D eigenvalue weighted by atomic mass is 10.1. The van der Waals surface area contributed by atoms with Crippen molar-refractivity contribution in [3.8, 4) is 0 Å². The Hall–Kier alpha value is -1.99. The Balaban J connectivity index is 2.19. The highest BCUT2D eigenvalue weighted by Gasteiger charge is 2.18. The maximum atomic E-state index is 12.3. The van der Waals surface area contributed by atoms with E-state index in [0.717, 1.165) is 17.1 Å². The lowest BCUT2D eigenvalue weighted by Crippen LogP contribution is -2.29. The van der Waals surface area contributed by atoms with Crippen LogP contribution in [0.3, 0.4) is 0 Å². The summed E-state index contributed by atoms with van der Waals surface area (Å²) in [7, 11) is 0. The number of carbonyl (C=O) groups is 1. The van der Waals surface area contributed by atoms with E-state index in [-0.39, 0.29) is 11.9 Å². The van der Waals surface area contributed by atoms with Gasteiger partial charge in [-0.2, -0.15) is 0 Å². The summed E-state index contributed by atoms with van der Waals surface area (Å²) in [5, 5.41) is 5.74. The summed E-state index contributed by atoms with van der Waals surface area (Å²) in [6.07, 6.45) is 4.02. The molecule has 0 aromatic carbocycles. The van der Waals surface area contributed by atoms with Crippen LogP contribution in [0.25, 0.3) is 0 Å². The van der Waals surface area contributed by atoms with Gasteiger partial charge in [0.15, 0.2) is 0 Å². The fourth-order valence-electron chi connectivity index (χ4n) is 1.84. The van der Waals surface area contributed by atoms with Crippen molar-refractivity contribution in [2.24, 2.45) is 5.84 Å². The molecule has 7 heteroatoms. The van der Waals surface area contributed by atoms with Crippen molar-refractivity contribution >= 4 is 22.9 Å². The minimum absolute atomic E-state index is 0.102. The Kier molecular flexibility index (Phi) is 4.65. The van der Waals surface area contributed by atoms with E-state index in [1.165, 1.54) is 17.5 Å². The van der Waals surface area contributed by atoms with E-state index in [0.29, 0.717) is 11.3 Å². The highest BCUT2D eigenvalue weighted by atomic mass is 32.1. The van der Waals surface area contributed by atoms with Crippen molar-refractivity contribution < 1.29 is 4.79 Å². The van der Waals surface area contributed by atoms with E-state index in [9.17, 15) is 4.79 Å². The minimum Gasteiger partial charge on any atom is -0.343 e. The maximum Gasteiger partial charge on any atom is 0.255 e. The summed E-state index contributed by atoms with van der Waals surface area (Å²) in [6.45, 7) is 3.84. The van der Waals surface area contributed by atoms with Crippen molar-refractivity contribution in [2.75, 3.05) is 5.43 Å². The van der Waals surface area contributed by atoms with Crippen LogP contribution in [0.4, 0.5) is 5.69 Å². The van der Waals surface area contributed by atoms with Gasteiger partial charge in [-0.15, -0.1) is 11.3 Å². The van der Waals surface area contributed by atoms with Crippen LogP contribution in [0.15, 0.2) is 23.8 Å². The van der Waals surface area contributed by atoms with Crippen LogP contribution in [0.1, 0.15) is 40.4 Å². The monoisotopic (exact) mass is 291 g/mol. The van der Waals surface area contributed by atoms with Gasteiger partial charge in [0.2, 0.25) is 0 Å². The van der Waals surface area contributed by atoms with E-state index in [1.54, 1.807) is 12.3 Å². The van der Waals surface area contributed by atoms with Crippen molar-refractivity contribution in [3.05, 3.63) is 40.1 Å². The average molecular weight is 291 g/mol. The molecule has 1 atom stereocenters.